The molecule has 0 saturated carbocycles. The monoisotopic (exact) mass is 367 g/mol. The first-order chi connectivity index (χ1) is 13.0. The second kappa shape index (κ2) is 7.09. The Kier molecular flexibility index (Phi) is 4.63. The molecule has 140 valence electrons. The van der Waals surface area contributed by atoms with E-state index in [0.29, 0.717) is 18.5 Å². The zero-order valence-electron chi connectivity index (χ0n) is 15.3. The molecule has 1 amide bonds. The quantitative estimate of drug-likeness (QED) is 0.743. The summed E-state index contributed by atoms with van der Waals surface area (Å²) in [7, 11) is 3.71. The average molecular weight is 367 g/mol. The number of likely N-dealkylation sites (N-methyl/N-ethyl adjacent to an activating group) is 1. The lowest BCUT2D eigenvalue weighted by Crippen LogP contribution is -2.44. The zero-order valence-corrected chi connectivity index (χ0v) is 15.3. The fraction of sp³-hybridized carbons (Fsp3) is 0.300. The van der Waals surface area contributed by atoms with Crippen molar-refractivity contribution < 1.29 is 9.18 Å². The normalized spacial score (nSPS) is 19.5. The van der Waals surface area contributed by atoms with Gasteiger partial charge in [0, 0.05) is 19.7 Å². The number of benzene rings is 2. The highest BCUT2D eigenvalue weighted by Gasteiger charge is 2.33. The molecule has 2 atom stereocenters. The SMILES string of the molecule is CN(Cc1nc2ccccc2n1C)C(=O)C1CC(c2ccccc2F)NN1. The molecular formula is C20H22FN5O. The highest BCUT2D eigenvalue weighted by atomic mass is 19.1. The van der Waals surface area contributed by atoms with Crippen LogP contribution in [-0.2, 0) is 18.4 Å². The molecule has 3 aromatic rings. The van der Waals surface area contributed by atoms with Crippen LogP contribution in [0.5, 0.6) is 0 Å². The van der Waals surface area contributed by atoms with Crippen LogP contribution in [0.1, 0.15) is 23.9 Å². The minimum absolute atomic E-state index is 0.0478. The molecule has 1 fully saturated rings. The summed E-state index contributed by atoms with van der Waals surface area (Å²) in [5, 5.41) is 0. The lowest BCUT2D eigenvalue weighted by molar-refractivity contribution is -0.132. The summed E-state index contributed by atoms with van der Waals surface area (Å²) in [6, 6.07) is 13.9. The number of hydrogen-bond donors (Lipinski definition) is 2. The fourth-order valence-electron chi connectivity index (χ4n) is 3.57. The number of carbonyl (C=O) groups excluding carboxylic acids is 1. The number of aromatic nitrogens is 2. The van der Waals surface area contributed by atoms with Crippen LogP contribution in [0, 0.1) is 5.82 Å². The zero-order chi connectivity index (χ0) is 19.0. The third-order valence-corrected chi connectivity index (χ3v) is 5.12. The third kappa shape index (κ3) is 3.31. The Morgan fingerprint density at radius 3 is 2.74 bits per heavy atom. The van der Waals surface area contributed by atoms with E-state index in [9.17, 15) is 9.18 Å². The largest absolute Gasteiger partial charge is 0.337 e. The summed E-state index contributed by atoms with van der Waals surface area (Å²) in [6.45, 7) is 0.409. The second-order valence-corrected chi connectivity index (χ2v) is 6.92. The molecule has 27 heavy (non-hydrogen) atoms. The molecule has 6 nitrogen and oxygen atoms in total. The van der Waals surface area contributed by atoms with E-state index in [1.807, 2.05) is 35.9 Å². The van der Waals surface area contributed by atoms with Crippen molar-refractivity contribution in [3.05, 3.63) is 65.7 Å². The molecule has 0 radical (unpaired) electrons. The Hall–Kier alpha value is -2.77. The van der Waals surface area contributed by atoms with Crippen molar-refractivity contribution in [2.24, 2.45) is 7.05 Å². The summed E-state index contributed by atoms with van der Waals surface area (Å²) >= 11 is 0. The summed E-state index contributed by atoms with van der Waals surface area (Å²) in [4.78, 5) is 19.1. The van der Waals surface area contributed by atoms with Gasteiger partial charge in [0.2, 0.25) is 5.91 Å². The van der Waals surface area contributed by atoms with E-state index in [4.69, 9.17) is 0 Å². The highest BCUT2D eigenvalue weighted by molar-refractivity contribution is 5.82. The number of para-hydroxylation sites is 2. The minimum atomic E-state index is -0.408. The highest BCUT2D eigenvalue weighted by Crippen LogP contribution is 2.25. The maximum Gasteiger partial charge on any atom is 0.241 e. The van der Waals surface area contributed by atoms with Crippen molar-refractivity contribution in [3.8, 4) is 0 Å². The predicted octanol–water partition coefficient (Wildman–Crippen LogP) is 2.28. The van der Waals surface area contributed by atoms with Gasteiger partial charge in [-0.3, -0.25) is 4.79 Å². The van der Waals surface area contributed by atoms with Crippen LogP contribution in [-0.4, -0.2) is 33.4 Å². The Morgan fingerprint density at radius 2 is 1.96 bits per heavy atom. The van der Waals surface area contributed by atoms with Gasteiger partial charge in [0.1, 0.15) is 17.7 Å². The lowest BCUT2D eigenvalue weighted by Gasteiger charge is -2.20. The van der Waals surface area contributed by atoms with Crippen molar-refractivity contribution in [2.45, 2.75) is 25.0 Å². The van der Waals surface area contributed by atoms with Gasteiger partial charge in [0.05, 0.1) is 23.6 Å². The van der Waals surface area contributed by atoms with Crippen molar-refractivity contribution in [1.82, 2.24) is 25.3 Å². The first kappa shape index (κ1) is 17.6. The predicted molar refractivity (Wildman–Crippen MR) is 101 cm³/mol. The van der Waals surface area contributed by atoms with Crippen LogP contribution in [0.2, 0.25) is 0 Å². The van der Waals surface area contributed by atoms with E-state index < -0.39 is 6.04 Å². The molecule has 1 aromatic heterocycles. The molecule has 1 aliphatic heterocycles. The van der Waals surface area contributed by atoms with Crippen molar-refractivity contribution in [1.29, 1.82) is 0 Å². The number of aryl methyl sites for hydroxylation is 1. The van der Waals surface area contributed by atoms with Crippen LogP contribution in [0.15, 0.2) is 48.5 Å². The van der Waals surface area contributed by atoms with Gasteiger partial charge in [-0.15, -0.1) is 0 Å². The first-order valence-electron chi connectivity index (χ1n) is 8.95. The van der Waals surface area contributed by atoms with E-state index in [-0.39, 0.29) is 17.8 Å². The maximum absolute atomic E-state index is 14.0. The maximum atomic E-state index is 14.0. The number of nitrogens with one attached hydrogen (secondary N) is 2. The van der Waals surface area contributed by atoms with Gasteiger partial charge < -0.3 is 9.47 Å². The molecule has 1 aliphatic rings. The van der Waals surface area contributed by atoms with Crippen molar-refractivity contribution >= 4 is 16.9 Å². The molecule has 2 N–H and O–H groups in total. The standard InChI is InChI=1S/C20H22FN5O/c1-25(12-19-22-15-9-5-6-10-18(15)26(19)2)20(27)17-11-16(23-24-17)13-7-3-4-8-14(13)21/h3-10,16-17,23-24H,11-12H2,1-2H3. The van der Waals surface area contributed by atoms with Gasteiger partial charge in [0.15, 0.2) is 0 Å². The first-order valence-corrected chi connectivity index (χ1v) is 8.95. The molecule has 1 saturated heterocycles. The Bertz CT molecular complexity index is 985. The third-order valence-electron chi connectivity index (χ3n) is 5.12. The molecule has 2 aromatic carbocycles. The van der Waals surface area contributed by atoms with Gasteiger partial charge in [-0.05, 0) is 24.6 Å². The number of nitrogens with zero attached hydrogens (tertiary/aromatic N) is 3. The van der Waals surface area contributed by atoms with E-state index in [2.05, 4.69) is 15.8 Å². The number of amides is 1. The van der Waals surface area contributed by atoms with Gasteiger partial charge in [-0.1, -0.05) is 30.3 Å². The molecule has 0 aliphatic carbocycles. The van der Waals surface area contributed by atoms with Crippen LogP contribution in [0.3, 0.4) is 0 Å². The molecule has 2 unspecified atom stereocenters. The molecular weight excluding hydrogens is 345 g/mol. The lowest BCUT2D eigenvalue weighted by atomic mass is 10.0. The van der Waals surface area contributed by atoms with E-state index >= 15 is 0 Å². The van der Waals surface area contributed by atoms with E-state index in [1.165, 1.54) is 6.07 Å². The Labute approximate surface area is 157 Å². The topological polar surface area (TPSA) is 62.2 Å². The molecule has 7 heteroatoms. The molecule has 0 spiro atoms. The summed E-state index contributed by atoms with van der Waals surface area (Å²) in [5.41, 5.74) is 8.56. The van der Waals surface area contributed by atoms with E-state index in [0.717, 1.165) is 16.9 Å². The van der Waals surface area contributed by atoms with Crippen LogP contribution in [0.25, 0.3) is 11.0 Å². The average Bonchev–Trinajstić information content (AvgIpc) is 3.27. The number of halogens is 1. The number of hydrogen-bond acceptors (Lipinski definition) is 4. The second-order valence-electron chi connectivity index (χ2n) is 6.92. The van der Waals surface area contributed by atoms with Gasteiger partial charge in [-0.25, -0.2) is 20.2 Å². The summed E-state index contributed by atoms with van der Waals surface area (Å²) in [5.74, 6) is 0.509. The summed E-state index contributed by atoms with van der Waals surface area (Å²) in [6.07, 6.45) is 0.493. The number of hydrazine groups is 1. The molecule has 4 rings (SSSR count). The van der Waals surface area contributed by atoms with Crippen molar-refractivity contribution in [2.75, 3.05) is 7.05 Å². The Morgan fingerprint density at radius 1 is 1.22 bits per heavy atom. The Balaban J connectivity index is 1.45. The van der Waals surface area contributed by atoms with E-state index in [1.54, 1.807) is 30.1 Å². The smallest absolute Gasteiger partial charge is 0.241 e. The van der Waals surface area contributed by atoms with Crippen molar-refractivity contribution in [3.63, 3.8) is 0 Å². The van der Waals surface area contributed by atoms with Crippen LogP contribution < -0.4 is 10.9 Å². The van der Waals surface area contributed by atoms with Crippen LogP contribution in [0.4, 0.5) is 4.39 Å². The number of fused-ring (bicyclic) bond motifs is 1. The summed E-state index contributed by atoms with van der Waals surface area (Å²) < 4.78 is 16.0. The van der Waals surface area contributed by atoms with Crippen LogP contribution >= 0.6 is 0 Å². The number of carbonyl (C=O) groups is 1. The minimum Gasteiger partial charge on any atom is -0.337 e. The number of imidazole rings is 1. The van der Waals surface area contributed by atoms with Gasteiger partial charge in [0.25, 0.3) is 0 Å². The molecule has 0 bridgehead atoms. The molecule has 2 heterocycles. The van der Waals surface area contributed by atoms with Gasteiger partial charge >= 0.3 is 0 Å². The van der Waals surface area contributed by atoms with Gasteiger partial charge in [-0.2, -0.15) is 0 Å². The number of rotatable bonds is 4. The fourth-order valence-corrected chi connectivity index (χ4v) is 3.57.